The van der Waals surface area contributed by atoms with E-state index < -0.39 is 5.97 Å². The number of aromatic nitrogens is 1. The molecule has 0 spiro atoms. The van der Waals surface area contributed by atoms with Crippen molar-refractivity contribution in [2.75, 3.05) is 13.6 Å². The second-order valence-corrected chi connectivity index (χ2v) is 4.74. The fourth-order valence-corrected chi connectivity index (χ4v) is 1.78. The van der Waals surface area contributed by atoms with E-state index in [4.69, 9.17) is 5.11 Å². The molecule has 110 valence electrons. The maximum absolute atomic E-state index is 11.9. The minimum atomic E-state index is -0.840. The lowest BCUT2D eigenvalue weighted by atomic mass is 10.0. The van der Waals surface area contributed by atoms with E-state index in [2.05, 4.69) is 10.3 Å². The predicted molar refractivity (Wildman–Crippen MR) is 75.1 cm³/mol. The van der Waals surface area contributed by atoms with Gasteiger partial charge in [0.1, 0.15) is 0 Å². The molecular formula is C14H21N3O3. The molecule has 0 saturated carbocycles. The predicted octanol–water partition coefficient (Wildman–Crippen LogP) is 1.72. The molecule has 1 aromatic rings. The van der Waals surface area contributed by atoms with Gasteiger partial charge in [0.15, 0.2) is 0 Å². The van der Waals surface area contributed by atoms with Crippen LogP contribution in [0.15, 0.2) is 24.4 Å². The average Bonchev–Trinajstić information content (AvgIpc) is 2.43. The third-order valence-corrected chi connectivity index (χ3v) is 3.05. The lowest BCUT2D eigenvalue weighted by Crippen LogP contribution is -2.39. The number of carbonyl (C=O) groups is 2. The zero-order chi connectivity index (χ0) is 15.0. The van der Waals surface area contributed by atoms with Crippen LogP contribution in [0.2, 0.25) is 0 Å². The Morgan fingerprint density at radius 3 is 2.75 bits per heavy atom. The lowest BCUT2D eigenvalue weighted by Gasteiger charge is -2.20. The molecule has 0 aliphatic heterocycles. The van der Waals surface area contributed by atoms with E-state index in [-0.39, 0.29) is 18.4 Å². The number of amides is 2. The third-order valence-electron chi connectivity index (χ3n) is 3.05. The van der Waals surface area contributed by atoms with Gasteiger partial charge in [0.05, 0.1) is 12.2 Å². The van der Waals surface area contributed by atoms with E-state index in [1.807, 2.05) is 25.1 Å². The monoisotopic (exact) mass is 279 g/mol. The summed E-state index contributed by atoms with van der Waals surface area (Å²) in [4.78, 5) is 28.2. The molecule has 2 N–H and O–H groups in total. The molecule has 0 bridgehead atoms. The summed E-state index contributed by atoms with van der Waals surface area (Å²) in [7, 11) is 1.68. The Hall–Kier alpha value is -2.11. The van der Waals surface area contributed by atoms with Gasteiger partial charge in [-0.2, -0.15) is 0 Å². The van der Waals surface area contributed by atoms with Crippen molar-refractivity contribution in [3.63, 3.8) is 0 Å². The maximum Gasteiger partial charge on any atom is 0.317 e. The van der Waals surface area contributed by atoms with Gasteiger partial charge in [-0.3, -0.25) is 9.78 Å². The van der Waals surface area contributed by atoms with Crippen LogP contribution in [0.4, 0.5) is 4.79 Å². The molecular weight excluding hydrogens is 258 g/mol. The molecule has 0 saturated heterocycles. The summed E-state index contributed by atoms with van der Waals surface area (Å²) in [6.45, 7) is 2.70. The van der Waals surface area contributed by atoms with Crippen LogP contribution in [0, 0.1) is 5.92 Å². The highest BCUT2D eigenvalue weighted by Crippen LogP contribution is 2.07. The number of urea groups is 1. The molecule has 6 heteroatoms. The van der Waals surface area contributed by atoms with E-state index in [1.54, 1.807) is 13.2 Å². The van der Waals surface area contributed by atoms with Gasteiger partial charge in [0.2, 0.25) is 0 Å². The number of aliphatic carboxylic acids is 1. The van der Waals surface area contributed by atoms with E-state index in [0.29, 0.717) is 13.1 Å². The Labute approximate surface area is 118 Å². The number of carboxylic acid groups (broad SMARTS) is 1. The second-order valence-electron chi connectivity index (χ2n) is 4.74. The number of hydrogen-bond acceptors (Lipinski definition) is 3. The van der Waals surface area contributed by atoms with Crippen LogP contribution in [0.1, 0.15) is 25.5 Å². The normalized spacial score (nSPS) is 11.7. The first-order valence-electron chi connectivity index (χ1n) is 6.63. The number of pyridine rings is 1. The van der Waals surface area contributed by atoms with Gasteiger partial charge in [-0.15, -0.1) is 0 Å². The molecule has 1 atom stereocenters. The first-order valence-corrected chi connectivity index (χ1v) is 6.63. The molecule has 1 aromatic heterocycles. The van der Waals surface area contributed by atoms with Gasteiger partial charge in [-0.1, -0.05) is 19.4 Å². The first kappa shape index (κ1) is 15.9. The zero-order valence-corrected chi connectivity index (χ0v) is 11.9. The second kappa shape index (κ2) is 8.14. The Balaban J connectivity index is 2.39. The Morgan fingerprint density at radius 2 is 2.20 bits per heavy atom. The number of hydrogen-bond donors (Lipinski definition) is 2. The van der Waals surface area contributed by atoms with Gasteiger partial charge in [0.25, 0.3) is 0 Å². The number of nitrogens with zero attached hydrogens (tertiary/aromatic N) is 2. The van der Waals surface area contributed by atoms with E-state index in [9.17, 15) is 9.59 Å². The molecule has 0 aliphatic rings. The van der Waals surface area contributed by atoms with Gasteiger partial charge in [-0.05, 0) is 18.1 Å². The van der Waals surface area contributed by atoms with Crippen LogP contribution >= 0.6 is 0 Å². The molecule has 1 heterocycles. The minimum absolute atomic E-state index is 0.0419. The third kappa shape index (κ3) is 5.69. The van der Waals surface area contributed by atoms with Crippen LogP contribution < -0.4 is 5.32 Å². The quantitative estimate of drug-likeness (QED) is 0.796. The summed E-state index contributed by atoms with van der Waals surface area (Å²) < 4.78 is 0. The highest BCUT2D eigenvalue weighted by molar-refractivity contribution is 5.74. The van der Waals surface area contributed by atoms with Crippen LogP contribution in [-0.2, 0) is 11.3 Å². The molecule has 1 unspecified atom stereocenters. The number of carbonyl (C=O) groups excluding carboxylic acids is 1. The summed E-state index contributed by atoms with van der Waals surface area (Å²) in [6, 6.07) is 5.32. The molecule has 6 nitrogen and oxygen atoms in total. The average molecular weight is 279 g/mol. The lowest BCUT2D eigenvalue weighted by molar-refractivity contribution is -0.138. The Morgan fingerprint density at radius 1 is 1.45 bits per heavy atom. The zero-order valence-electron chi connectivity index (χ0n) is 11.9. The number of nitrogens with one attached hydrogen (secondary N) is 1. The fourth-order valence-electron chi connectivity index (χ4n) is 1.78. The van der Waals surface area contributed by atoms with Crippen LogP contribution in [0.25, 0.3) is 0 Å². The molecule has 2 amide bonds. The Bertz CT molecular complexity index is 437. The summed E-state index contributed by atoms with van der Waals surface area (Å²) in [5, 5.41) is 11.5. The van der Waals surface area contributed by atoms with Crippen molar-refractivity contribution in [3.8, 4) is 0 Å². The molecule has 1 rings (SSSR count). The standard InChI is InChI=1S/C14H21N3O3/c1-3-11(8-13(18)19)9-16-14(20)17(2)10-12-6-4-5-7-15-12/h4-7,11H,3,8-10H2,1-2H3,(H,16,20)(H,18,19). The SMILES string of the molecule is CCC(CNC(=O)N(C)Cc1ccccn1)CC(=O)O. The largest absolute Gasteiger partial charge is 0.481 e. The van der Waals surface area contributed by atoms with Crippen molar-refractivity contribution in [1.82, 2.24) is 15.2 Å². The van der Waals surface area contributed by atoms with Gasteiger partial charge < -0.3 is 15.3 Å². The summed E-state index contributed by atoms with van der Waals surface area (Å²) in [5.41, 5.74) is 0.808. The molecule has 0 aromatic carbocycles. The van der Waals surface area contributed by atoms with Crippen molar-refractivity contribution < 1.29 is 14.7 Å². The van der Waals surface area contributed by atoms with Crippen molar-refractivity contribution in [3.05, 3.63) is 30.1 Å². The molecule has 0 aliphatic carbocycles. The van der Waals surface area contributed by atoms with Crippen LogP contribution in [0.5, 0.6) is 0 Å². The molecule has 20 heavy (non-hydrogen) atoms. The smallest absolute Gasteiger partial charge is 0.317 e. The number of carboxylic acids is 1. The molecule has 0 fully saturated rings. The maximum atomic E-state index is 11.9. The van der Waals surface area contributed by atoms with E-state index in [0.717, 1.165) is 12.1 Å². The van der Waals surface area contributed by atoms with Crippen molar-refractivity contribution in [2.45, 2.75) is 26.3 Å². The van der Waals surface area contributed by atoms with Crippen molar-refractivity contribution >= 4 is 12.0 Å². The van der Waals surface area contributed by atoms with Gasteiger partial charge >= 0.3 is 12.0 Å². The van der Waals surface area contributed by atoms with Gasteiger partial charge in [0, 0.05) is 26.2 Å². The van der Waals surface area contributed by atoms with Crippen LogP contribution in [-0.4, -0.2) is 40.6 Å². The van der Waals surface area contributed by atoms with Crippen LogP contribution in [0.3, 0.4) is 0 Å². The molecule has 0 radical (unpaired) electrons. The minimum Gasteiger partial charge on any atom is -0.481 e. The summed E-state index contributed by atoms with van der Waals surface area (Å²) >= 11 is 0. The highest BCUT2D eigenvalue weighted by atomic mass is 16.4. The Kier molecular flexibility index (Phi) is 6.49. The van der Waals surface area contributed by atoms with E-state index in [1.165, 1.54) is 4.90 Å². The first-order chi connectivity index (χ1) is 9.52. The topological polar surface area (TPSA) is 82.5 Å². The fraction of sp³-hybridized carbons (Fsp3) is 0.500. The van der Waals surface area contributed by atoms with E-state index >= 15 is 0 Å². The van der Waals surface area contributed by atoms with Crippen molar-refractivity contribution in [1.29, 1.82) is 0 Å². The highest BCUT2D eigenvalue weighted by Gasteiger charge is 2.14. The summed E-state index contributed by atoms with van der Waals surface area (Å²) in [5.74, 6) is -0.882. The summed E-state index contributed by atoms with van der Waals surface area (Å²) in [6.07, 6.45) is 2.47. The number of rotatable bonds is 7. The van der Waals surface area contributed by atoms with Crippen molar-refractivity contribution in [2.24, 2.45) is 5.92 Å². The van der Waals surface area contributed by atoms with Gasteiger partial charge in [-0.25, -0.2) is 4.79 Å².